The highest BCUT2D eigenvalue weighted by molar-refractivity contribution is 6.01. The summed E-state index contributed by atoms with van der Waals surface area (Å²) < 4.78 is 4.80. The van der Waals surface area contributed by atoms with E-state index in [2.05, 4.69) is 15.0 Å². The van der Waals surface area contributed by atoms with Crippen molar-refractivity contribution >= 4 is 17.0 Å². The number of fused-ring (bicyclic) bond motifs is 1. The summed E-state index contributed by atoms with van der Waals surface area (Å²) in [5.41, 5.74) is 0.608. The molecule has 0 aliphatic heterocycles. The number of aromatic amines is 1. The van der Waals surface area contributed by atoms with E-state index in [4.69, 9.17) is 9.84 Å². The Hall–Kier alpha value is -2.11. The van der Waals surface area contributed by atoms with Gasteiger partial charge >= 0.3 is 12.0 Å². The Morgan fingerprint density at radius 2 is 2.43 bits per heavy atom. The fourth-order valence-corrected chi connectivity index (χ4v) is 1.17. The first-order valence-electron chi connectivity index (χ1n) is 3.84. The Labute approximate surface area is 78.6 Å². The van der Waals surface area contributed by atoms with E-state index in [1.807, 2.05) is 0 Å². The zero-order valence-electron chi connectivity index (χ0n) is 7.31. The molecule has 2 N–H and O–H groups in total. The van der Waals surface area contributed by atoms with Crippen LogP contribution in [0.5, 0.6) is 6.01 Å². The van der Waals surface area contributed by atoms with E-state index in [0.717, 1.165) is 0 Å². The van der Waals surface area contributed by atoms with Crippen LogP contribution in [-0.4, -0.2) is 33.1 Å². The first kappa shape index (κ1) is 8.49. The fourth-order valence-electron chi connectivity index (χ4n) is 1.17. The lowest BCUT2D eigenvalue weighted by molar-refractivity contribution is 0.0699. The number of ether oxygens (including phenoxy) is 1. The zero-order chi connectivity index (χ0) is 10.1. The average molecular weight is 193 g/mol. The van der Waals surface area contributed by atoms with Crippen LogP contribution < -0.4 is 4.74 Å². The molecule has 2 heterocycles. The molecule has 0 radical (unpaired) electrons. The van der Waals surface area contributed by atoms with Gasteiger partial charge in [0, 0.05) is 12.4 Å². The molecule has 6 nitrogen and oxygen atoms in total. The molecule has 2 aromatic rings. The summed E-state index contributed by atoms with van der Waals surface area (Å²) in [7, 11) is 1.45. The third kappa shape index (κ3) is 1.17. The molecule has 0 saturated carbocycles. The lowest BCUT2D eigenvalue weighted by Gasteiger charge is -1.96. The van der Waals surface area contributed by atoms with Crippen LogP contribution >= 0.6 is 0 Å². The molecule has 72 valence electrons. The van der Waals surface area contributed by atoms with E-state index >= 15 is 0 Å². The molecular formula is C8H7N3O3. The molecule has 0 aliphatic carbocycles. The van der Waals surface area contributed by atoms with Gasteiger partial charge in [-0.2, -0.15) is 4.98 Å². The number of nitrogens with zero attached hydrogens (tertiary/aromatic N) is 2. The lowest BCUT2D eigenvalue weighted by Crippen LogP contribution is -1.95. The standard InChI is InChI=1S/C8H7N3O3/c1-14-8-10-2-4-5(7(12)13)3-9-6(4)11-8/h2-3H,1H3,(H,12,13)(H,9,10,11). The molecule has 0 saturated heterocycles. The van der Waals surface area contributed by atoms with Crippen LogP contribution in [-0.2, 0) is 0 Å². The van der Waals surface area contributed by atoms with Gasteiger partial charge in [-0.1, -0.05) is 0 Å². The SMILES string of the molecule is COc1ncc2c(C(=O)O)c[nH]c2n1. The smallest absolute Gasteiger partial charge is 0.337 e. The van der Waals surface area contributed by atoms with E-state index in [0.29, 0.717) is 11.0 Å². The minimum absolute atomic E-state index is 0.155. The van der Waals surface area contributed by atoms with Crippen molar-refractivity contribution < 1.29 is 14.6 Å². The number of hydrogen-bond donors (Lipinski definition) is 2. The number of carboxylic acid groups (broad SMARTS) is 1. The molecule has 0 bridgehead atoms. The number of aromatic carboxylic acids is 1. The van der Waals surface area contributed by atoms with Crippen molar-refractivity contribution in [3.63, 3.8) is 0 Å². The second-order valence-corrected chi connectivity index (χ2v) is 2.63. The van der Waals surface area contributed by atoms with Gasteiger partial charge < -0.3 is 14.8 Å². The summed E-state index contributed by atoms with van der Waals surface area (Å²) in [6.07, 6.45) is 2.79. The highest BCUT2D eigenvalue weighted by atomic mass is 16.5. The van der Waals surface area contributed by atoms with Gasteiger partial charge in [0.1, 0.15) is 5.65 Å². The van der Waals surface area contributed by atoms with Gasteiger partial charge in [0.2, 0.25) is 0 Å². The molecule has 0 spiro atoms. The number of nitrogens with one attached hydrogen (secondary N) is 1. The maximum absolute atomic E-state index is 10.7. The van der Waals surface area contributed by atoms with Crippen LogP contribution in [0.25, 0.3) is 11.0 Å². The molecule has 0 fully saturated rings. The Kier molecular flexibility index (Phi) is 1.81. The Balaban J connectivity index is 2.65. The monoisotopic (exact) mass is 193 g/mol. The number of rotatable bonds is 2. The highest BCUT2D eigenvalue weighted by Crippen LogP contribution is 2.17. The molecule has 0 aliphatic rings. The predicted molar refractivity (Wildman–Crippen MR) is 47.4 cm³/mol. The van der Waals surface area contributed by atoms with Gasteiger partial charge in [0.25, 0.3) is 0 Å². The van der Waals surface area contributed by atoms with Crippen molar-refractivity contribution in [1.29, 1.82) is 0 Å². The molecular weight excluding hydrogens is 186 g/mol. The first-order chi connectivity index (χ1) is 6.72. The number of carbonyl (C=O) groups is 1. The number of carboxylic acids is 1. The normalized spacial score (nSPS) is 10.4. The fraction of sp³-hybridized carbons (Fsp3) is 0.125. The maximum Gasteiger partial charge on any atom is 0.337 e. The first-order valence-corrected chi connectivity index (χ1v) is 3.84. The van der Waals surface area contributed by atoms with Gasteiger partial charge in [0.05, 0.1) is 18.1 Å². The van der Waals surface area contributed by atoms with Gasteiger partial charge in [-0.05, 0) is 0 Å². The summed E-state index contributed by atoms with van der Waals surface area (Å²) in [5, 5.41) is 9.26. The largest absolute Gasteiger partial charge is 0.478 e. The van der Waals surface area contributed by atoms with Crippen LogP contribution in [0.1, 0.15) is 10.4 Å². The number of H-pyrrole nitrogens is 1. The number of aromatic nitrogens is 3. The van der Waals surface area contributed by atoms with Crippen LogP contribution in [0, 0.1) is 0 Å². The van der Waals surface area contributed by atoms with Crippen molar-refractivity contribution in [2.24, 2.45) is 0 Å². The summed E-state index contributed by atoms with van der Waals surface area (Å²) in [4.78, 5) is 21.2. The molecule has 2 rings (SSSR count). The van der Waals surface area contributed by atoms with Crippen LogP contribution in [0.3, 0.4) is 0 Å². The zero-order valence-corrected chi connectivity index (χ0v) is 7.31. The van der Waals surface area contributed by atoms with Crippen molar-refractivity contribution in [2.45, 2.75) is 0 Å². The molecule has 0 atom stereocenters. The van der Waals surface area contributed by atoms with Crippen LogP contribution in [0.4, 0.5) is 0 Å². The van der Waals surface area contributed by atoms with E-state index < -0.39 is 5.97 Å². The molecule has 0 aromatic carbocycles. The predicted octanol–water partition coefficient (Wildman–Crippen LogP) is 0.665. The van der Waals surface area contributed by atoms with Crippen molar-refractivity contribution in [1.82, 2.24) is 15.0 Å². The third-order valence-corrected chi connectivity index (χ3v) is 1.82. The molecule has 2 aromatic heterocycles. The van der Waals surface area contributed by atoms with Gasteiger partial charge in [-0.25, -0.2) is 9.78 Å². The summed E-state index contributed by atoms with van der Waals surface area (Å²) in [6, 6.07) is 0.205. The summed E-state index contributed by atoms with van der Waals surface area (Å²) in [5.74, 6) is -1.01. The number of hydrogen-bond acceptors (Lipinski definition) is 4. The summed E-state index contributed by atoms with van der Waals surface area (Å²) >= 11 is 0. The second-order valence-electron chi connectivity index (χ2n) is 2.63. The Bertz CT molecular complexity index is 492. The van der Waals surface area contributed by atoms with Crippen LogP contribution in [0.15, 0.2) is 12.4 Å². The van der Waals surface area contributed by atoms with E-state index in [-0.39, 0.29) is 11.6 Å². The quantitative estimate of drug-likeness (QED) is 0.731. The molecule has 0 amide bonds. The van der Waals surface area contributed by atoms with Crippen molar-refractivity contribution in [2.75, 3.05) is 7.11 Å². The van der Waals surface area contributed by atoms with Crippen LogP contribution in [0.2, 0.25) is 0 Å². The van der Waals surface area contributed by atoms with Gasteiger partial charge in [-0.15, -0.1) is 0 Å². The Morgan fingerprint density at radius 1 is 1.64 bits per heavy atom. The maximum atomic E-state index is 10.7. The molecule has 6 heteroatoms. The van der Waals surface area contributed by atoms with E-state index in [1.165, 1.54) is 19.5 Å². The third-order valence-electron chi connectivity index (χ3n) is 1.82. The van der Waals surface area contributed by atoms with E-state index in [1.54, 1.807) is 0 Å². The topological polar surface area (TPSA) is 88.1 Å². The van der Waals surface area contributed by atoms with Gasteiger partial charge in [-0.3, -0.25) is 0 Å². The van der Waals surface area contributed by atoms with E-state index in [9.17, 15) is 4.79 Å². The Morgan fingerprint density at radius 3 is 3.07 bits per heavy atom. The van der Waals surface area contributed by atoms with Gasteiger partial charge in [0.15, 0.2) is 0 Å². The lowest BCUT2D eigenvalue weighted by atomic mass is 10.2. The molecule has 14 heavy (non-hydrogen) atoms. The van der Waals surface area contributed by atoms with Crippen molar-refractivity contribution in [3.05, 3.63) is 18.0 Å². The minimum atomic E-state index is -1.01. The average Bonchev–Trinajstić information content (AvgIpc) is 2.59. The minimum Gasteiger partial charge on any atom is -0.478 e. The summed E-state index contributed by atoms with van der Waals surface area (Å²) in [6.45, 7) is 0. The number of methoxy groups -OCH3 is 1. The highest BCUT2D eigenvalue weighted by Gasteiger charge is 2.12. The molecule has 0 unspecified atom stereocenters. The second kappa shape index (κ2) is 2.99. The van der Waals surface area contributed by atoms with Crippen molar-refractivity contribution in [3.8, 4) is 6.01 Å².